The van der Waals surface area contributed by atoms with Gasteiger partial charge >= 0.3 is 0 Å². The molecule has 1 amide bonds. The Labute approximate surface area is 187 Å². The van der Waals surface area contributed by atoms with E-state index in [9.17, 15) is 13.6 Å². The minimum absolute atomic E-state index is 0.136. The maximum absolute atomic E-state index is 14.7. The van der Waals surface area contributed by atoms with Gasteiger partial charge in [0.2, 0.25) is 17.5 Å². The van der Waals surface area contributed by atoms with Crippen LogP contribution in [0.15, 0.2) is 24.9 Å². The highest BCUT2D eigenvalue weighted by molar-refractivity contribution is 5.93. The molecule has 1 fully saturated rings. The molecule has 0 spiro atoms. The van der Waals surface area contributed by atoms with Gasteiger partial charge in [0, 0.05) is 19.3 Å². The van der Waals surface area contributed by atoms with Gasteiger partial charge in [-0.15, -0.1) is 0 Å². The smallest absolute Gasteiger partial charge is 0.254 e. The van der Waals surface area contributed by atoms with Crippen molar-refractivity contribution >= 4 is 22.6 Å². The number of likely N-dealkylation sites (tertiary alicyclic amines) is 1. The molecule has 0 radical (unpaired) electrons. The summed E-state index contributed by atoms with van der Waals surface area (Å²) in [7, 11) is 2.40. The second-order valence-electron chi connectivity index (χ2n) is 7.20. The van der Waals surface area contributed by atoms with E-state index in [1.165, 1.54) is 26.5 Å². The number of nitrogens with zero attached hydrogens (tertiary/aromatic N) is 5. The Hall–Kier alpha value is -4.20. The average Bonchev–Trinajstić information content (AvgIpc) is 3.44. The Bertz CT molecular complexity index is 1300. The summed E-state index contributed by atoms with van der Waals surface area (Å²) in [4.78, 5) is 21.4. The summed E-state index contributed by atoms with van der Waals surface area (Å²) in [5.74, 6) is 2.15. The van der Waals surface area contributed by atoms with Crippen LogP contribution in [0.3, 0.4) is 0 Å². The van der Waals surface area contributed by atoms with Gasteiger partial charge in [-0.05, 0) is 24.5 Å². The summed E-state index contributed by atoms with van der Waals surface area (Å²) in [6.45, 7) is 4.50. The number of ether oxygens (including phenoxy) is 2. The van der Waals surface area contributed by atoms with Crippen molar-refractivity contribution in [2.75, 3.05) is 33.0 Å². The van der Waals surface area contributed by atoms with Crippen molar-refractivity contribution in [2.45, 2.75) is 12.5 Å². The fourth-order valence-electron chi connectivity index (χ4n) is 3.75. The van der Waals surface area contributed by atoms with Gasteiger partial charge in [-0.2, -0.15) is 18.9 Å². The average molecular weight is 454 g/mol. The number of carbonyl (C=O) groups excluding carboxylic acids is 1. The number of fused-ring (bicyclic) bond motifs is 1. The van der Waals surface area contributed by atoms with E-state index in [0.717, 1.165) is 0 Å². The van der Waals surface area contributed by atoms with Crippen molar-refractivity contribution in [3.05, 3.63) is 47.8 Å². The second-order valence-corrected chi connectivity index (χ2v) is 7.20. The molecule has 3 aromatic heterocycles. The zero-order valence-electron chi connectivity index (χ0n) is 17.9. The summed E-state index contributed by atoms with van der Waals surface area (Å²) >= 11 is 0. The van der Waals surface area contributed by atoms with Gasteiger partial charge in [0.1, 0.15) is 17.1 Å². The van der Waals surface area contributed by atoms with E-state index >= 15 is 0 Å². The molecule has 1 atom stereocenters. The first-order valence-electron chi connectivity index (χ1n) is 9.92. The number of anilines is 1. The van der Waals surface area contributed by atoms with Crippen molar-refractivity contribution in [1.82, 2.24) is 24.6 Å². The maximum Gasteiger partial charge on any atom is 0.254 e. The predicted octanol–water partition coefficient (Wildman–Crippen LogP) is 2.06. The Kier molecular flexibility index (Phi) is 5.83. The van der Waals surface area contributed by atoms with E-state index in [0.29, 0.717) is 30.4 Å². The maximum atomic E-state index is 14.7. The van der Waals surface area contributed by atoms with Crippen molar-refractivity contribution < 1.29 is 23.0 Å². The van der Waals surface area contributed by atoms with Crippen molar-refractivity contribution in [2.24, 2.45) is 0 Å². The summed E-state index contributed by atoms with van der Waals surface area (Å²) in [6.07, 6.45) is 3.46. The molecule has 1 aliphatic rings. The number of pyridine rings is 2. The van der Waals surface area contributed by atoms with E-state index in [2.05, 4.69) is 33.5 Å². The third kappa shape index (κ3) is 3.80. The highest BCUT2D eigenvalue weighted by Crippen LogP contribution is 2.30. The number of hydrogen-bond donors (Lipinski definition) is 1. The van der Waals surface area contributed by atoms with E-state index < -0.39 is 29.0 Å². The molecule has 4 heterocycles. The van der Waals surface area contributed by atoms with E-state index in [-0.39, 0.29) is 23.5 Å². The largest absolute Gasteiger partial charge is 0.479 e. The van der Waals surface area contributed by atoms with Gasteiger partial charge in [0.25, 0.3) is 11.8 Å². The topological polar surface area (TPSA) is 108 Å². The standard InChI is InChI=1S/C22H20F2N6O3/c1-4-16(31)29-10-8-12(11-29)30-15-7-9-26-20(25)17(15)14(28-30)6-5-13-18(23)21(32-2)27-22(33-3)19(13)24/h4,7,9,12H,1,8,10-11H2,2-3H3,(H2,25,26). The molecule has 0 bridgehead atoms. The van der Waals surface area contributed by atoms with Gasteiger partial charge in [-0.25, -0.2) is 4.98 Å². The van der Waals surface area contributed by atoms with Crippen LogP contribution in [0.25, 0.3) is 10.9 Å². The molecule has 4 rings (SSSR count). The van der Waals surface area contributed by atoms with Crippen LogP contribution >= 0.6 is 0 Å². The van der Waals surface area contributed by atoms with Crippen LogP contribution in [-0.4, -0.2) is 57.9 Å². The SMILES string of the molecule is C=CC(=O)N1CCC(n2nc(C#Cc3c(F)c(OC)nc(OC)c3F)c3c(N)nccc32)C1. The summed E-state index contributed by atoms with van der Waals surface area (Å²) < 4.78 is 40.7. The zero-order chi connectivity index (χ0) is 23.7. The number of amides is 1. The van der Waals surface area contributed by atoms with Crippen LogP contribution in [0.4, 0.5) is 14.6 Å². The van der Waals surface area contributed by atoms with Crippen LogP contribution in [0, 0.1) is 23.5 Å². The van der Waals surface area contributed by atoms with Crippen molar-refractivity contribution in [3.8, 4) is 23.6 Å². The van der Waals surface area contributed by atoms with E-state index in [1.54, 1.807) is 15.6 Å². The Morgan fingerprint density at radius 1 is 1.27 bits per heavy atom. The van der Waals surface area contributed by atoms with Gasteiger partial charge in [0.05, 0.1) is 31.2 Å². The summed E-state index contributed by atoms with van der Waals surface area (Å²) in [6, 6.07) is 1.59. The molecule has 1 unspecified atom stereocenters. The predicted molar refractivity (Wildman–Crippen MR) is 116 cm³/mol. The molecule has 33 heavy (non-hydrogen) atoms. The molecule has 2 N–H and O–H groups in total. The first kappa shape index (κ1) is 22.0. The molecule has 1 saturated heterocycles. The first-order chi connectivity index (χ1) is 15.9. The number of rotatable bonds is 4. The second kappa shape index (κ2) is 8.74. The van der Waals surface area contributed by atoms with Crippen LogP contribution in [0.1, 0.15) is 23.7 Å². The fourth-order valence-corrected chi connectivity index (χ4v) is 3.75. The number of nitrogens with two attached hydrogens (primary N) is 1. The minimum atomic E-state index is -1.06. The van der Waals surface area contributed by atoms with Crippen LogP contribution in [-0.2, 0) is 4.79 Å². The van der Waals surface area contributed by atoms with Crippen LogP contribution in [0.5, 0.6) is 11.8 Å². The van der Waals surface area contributed by atoms with Gasteiger partial charge in [-0.1, -0.05) is 12.5 Å². The zero-order valence-corrected chi connectivity index (χ0v) is 17.9. The molecule has 11 heteroatoms. The van der Waals surface area contributed by atoms with Crippen LogP contribution in [0.2, 0.25) is 0 Å². The van der Waals surface area contributed by atoms with Gasteiger partial charge < -0.3 is 20.1 Å². The molecule has 0 aromatic carbocycles. The van der Waals surface area contributed by atoms with E-state index in [1.807, 2.05) is 0 Å². The number of hydrogen-bond acceptors (Lipinski definition) is 7. The van der Waals surface area contributed by atoms with Crippen LogP contribution < -0.4 is 15.2 Å². The third-order valence-corrected chi connectivity index (χ3v) is 5.36. The number of carbonyl (C=O) groups is 1. The fraction of sp³-hybridized carbons (Fsp3) is 0.273. The molecule has 0 saturated carbocycles. The monoisotopic (exact) mass is 454 g/mol. The van der Waals surface area contributed by atoms with Gasteiger partial charge in [0.15, 0.2) is 0 Å². The quantitative estimate of drug-likeness (QED) is 0.475. The lowest BCUT2D eigenvalue weighted by molar-refractivity contribution is -0.125. The lowest BCUT2D eigenvalue weighted by Gasteiger charge is -2.15. The summed E-state index contributed by atoms with van der Waals surface area (Å²) in [5, 5.41) is 5.00. The molecule has 170 valence electrons. The third-order valence-electron chi connectivity index (χ3n) is 5.36. The first-order valence-corrected chi connectivity index (χ1v) is 9.92. The molecular formula is C22H20F2N6O3. The highest BCUT2D eigenvalue weighted by Gasteiger charge is 2.29. The molecule has 0 aliphatic carbocycles. The number of halogens is 2. The van der Waals surface area contributed by atoms with E-state index in [4.69, 9.17) is 15.2 Å². The Balaban J connectivity index is 1.82. The lowest BCUT2D eigenvalue weighted by Crippen LogP contribution is -2.27. The number of nitrogen functional groups attached to an aromatic ring is 1. The number of aromatic nitrogens is 4. The van der Waals surface area contributed by atoms with Crippen molar-refractivity contribution in [1.29, 1.82) is 0 Å². The number of methoxy groups -OCH3 is 2. The lowest BCUT2D eigenvalue weighted by atomic mass is 10.2. The molecule has 3 aromatic rings. The Morgan fingerprint density at radius 3 is 2.61 bits per heavy atom. The highest BCUT2D eigenvalue weighted by atomic mass is 19.1. The normalized spacial score (nSPS) is 15.3. The molecule has 9 nitrogen and oxygen atoms in total. The van der Waals surface area contributed by atoms with Gasteiger partial charge in [-0.3, -0.25) is 9.48 Å². The molecular weight excluding hydrogens is 434 g/mol. The van der Waals surface area contributed by atoms with Crippen molar-refractivity contribution in [3.63, 3.8) is 0 Å². The molecule has 1 aliphatic heterocycles. The minimum Gasteiger partial charge on any atom is -0.479 e. The summed E-state index contributed by atoms with van der Waals surface area (Å²) in [5.41, 5.74) is 6.34. The Morgan fingerprint density at radius 2 is 1.97 bits per heavy atom.